The lowest BCUT2D eigenvalue weighted by Crippen LogP contribution is -2.19. The van der Waals surface area contributed by atoms with Crippen molar-refractivity contribution in [3.8, 4) is 0 Å². The number of alkyl halides is 1. The van der Waals surface area contributed by atoms with E-state index in [0.29, 0.717) is 22.2 Å². The topological polar surface area (TPSA) is 30.7 Å². The average Bonchev–Trinajstić information content (AvgIpc) is 3.11. The molecule has 0 saturated heterocycles. The number of fused-ring (bicyclic) bond motifs is 1. The van der Waals surface area contributed by atoms with Crippen LogP contribution in [0.3, 0.4) is 0 Å². The van der Waals surface area contributed by atoms with Crippen LogP contribution in [0.1, 0.15) is 32.5 Å². The van der Waals surface area contributed by atoms with Gasteiger partial charge in [-0.25, -0.2) is 9.97 Å². The highest BCUT2D eigenvalue weighted by atomic mass is 35.5. The number of nitrogens with zero attached hydrogens (tertiary/aromatic N) is 3. The largest absolute Gasteiger partial charge is 0.312 e. The van der Waals surface area contributed by atoms with E-state index in [1.807, 2.05) is 6.07 Å². The van der Waals surface area contributed by atoms with Crippen LogP contribution >= 0.6 is 23.2 Å². The van der Waals surface area contributed by atoms with Crippen molar-refractivity contribution in [1.82, 2.24) is 14.5 Å². The second kappa shape index (κ2) is 5.19. The number of imidazole rings is 1. The molecule has 1 aliphatic rings. The van der Waals surface area contributed by atoms with E-state index < -0.39 is 0 Å². The van der Waals surface area contributed by atoms with Gasteiger partial charge in [-0.1, -0.05) is 25.4 Å². The Morgan fingerprint density at radius 1 is 1.40 bits per heavy atom. The zero-order chi connectivity index (χ0) is 14.3. The molecule has 3 rings (SSSR count). The normalized spacial score (nSPS) is 17.1. The van der Waals surface area contributed by atoms with Crippen molar-refractivity contribution in [2.75, 3.05) is 5.88 Å². The van der Waals surface area contributed by atoms with E-state index in [9.17, 15) is 0 Å². The SMILES string of the molecule is CC(C)C1(Cn2c(CCCl)nc3cc(Cl)cnc32)CC1. The van der Waals surface area contributed by atoms with Crippen molar-refractivity contribution in [2.24, 2.45) is 11.3 Å². The lowest BCUT2D eigenvalue weighted by molar-refractivity contribution is 0.308. The first-order valence-electron chi connectivity index (χ1n) is 7.12. The summed E-state index contributed by atoms with van der Waals surface area (Å²) < 4.78 is 2.25. The molecule has 0 radical (unpaired) electrons. The molecule has 5 heteroatoms. The number of halogens is 2. The molecule has 0 N–H and O–H groups in total. The third-order valence-electron chi connectivity index (χ3n) is 4.54. The molecule has 2 aromatic rings. The van der Waals surface area contributed by atoms with Gasteiger partial charge in [-0.2, -0.15) is 0 Å². The Morgan fingerprint density at radius 2 is 2.15 bits per heavy atom. The Labute approximate surface area is 129 Å². The van der Waals surface area contributed by atoms with Crippen molar-refractivity contribution in [1.29, 1.82) is 0 Å². The smallest absolute Gasteiger partial charge is 0.160 e. The van der Waals surface area contributed by atoms with Gasteiger partial charge >= 0.3 is 0 Å². The molecule has 0 amide bonds. The van der Waals surface area contributed by atoms with Gasteiger partial charge in [0.1, 0.15) is 11.3 Å². The van der Waals surface area contributed by atoms with Crippen LogP contribution in [0.25, 0.3) is 11.2 Å². The van der Waals surface area contributed by atoms with Gasteiger partial charge in [0.15, 0.2) is 5.65 Å². The maximum atomic E-state index is 6.02. The van der Waals surface area contributed by atoms with E-state index in [4.69, 9.17) is 23.2 Å². The van der Waals surface area contributed by atoms with Crippen LogP contribution in [0.2, 0.25) is 5.02 Å². The summed E-state index contributed by atoms with van der Waals surface area (Å²) in [5.74, 6) is 2.28. The molecule has 0 unspecified atom stereocenters. The molecular formula is C15H19Cl2N3. The molecule has 3 nitrogen and oxygen atoms in total. The lowest BCUT2D eigenvalue weighted by Gasteiger charge is -2.21. The Hall–Kier alpha value is -0.800. The Bertz CT molecular complexity index is 629. The highest BCUT2D eigenvalue weighted by molar-refractivity contribution is 6.31. The molecule has 2 heterocycles. The van der Waals surface area contributed by atoms with Crippen molar-refractivity contribution in [3.05, 3.63) is 23.1 Å². The number of hydrogen-bond acceptors (Lipinski definition) is 2. The third-order valence-corrected chi connectivity index (χ3v) is 4.93. The summed E-state index contributed by atoms with van der Waals surface area (Å²) in [5, 5.41) is 0.629. The Balaban J connectivity index is 2.05. The lowest BCUT2D eigenvalue weighted by atomic mass is 9.92. The Kier molecular flexibility index (Phi) is 3.67. The van der Waals surface area contributed by atoms with Gasteiger partial charge in [0.05, 0.1) is 5.02 Å². The molecule has 1 saturated carbocycles. The third kappa shape index (κ3) is 2.42. The summed E-state index contributed by atoms with van der Waals surface area (Å²) >= 11 is 11.9. The summed E-state index contributed by atoms with van der Waals surface area (Å²) in [6.45, 7) is 5.59. The first kappa shape index (κ1) is 14.2. The van der Waals surface area contributed by atoms with Crippen molar-refractivity contribution in [2.45, 2.75) is 39.7 Å². The molecule has 0 atom stereocenters. The van der Waals surface area contributed by atoms with E-state index in [1.165, 1.54) is 12.8 Å². The zero-order valence-electron chi connectivity index (χ0n) is 11.9. The molecule has 2 aromatic heterocycles. The van der Waals surface area contributed by atoms with Crippen LogP contribution < -0.4 is 0 Å². The first-order valence-corrected chi connectivity index (χ1v) is 8.03. The average molecular weight is 312 g/mol. The monoisotopic (exact) mass is 311 g/mol. The minimum Gasteiger partial charge on any atom is -0.312 e. The van der Waals surface area contributed by atoms with E-state index in [-0.39, 0.29) is 0 Å². The molecular weight excluding hydrogens is 293 g/mol. The quantitative estimate of drug-likeness (QED) is 0.771. The molecule has 0 bridgehead atoms. The van der Waals surface area contributed by atoms with Gasteiger partial charge in [-0.3, -0.25) is 0 Å². The van der Waals surface area contributed by atoms with Crippen LogP contribution in [0.15, 0.2) is 12.3 Å². The van der Waals surface area contributed by atoms with Gasteiger partial charge < -0.3 is 4.57 Å². The van der Waals surface area contributed by atoms with Crippen molar-refractivity contribution in [3.63, 3.8) is 0 Å². The van der Waals surface area contributed by atoms with Gasteiger partial charge in [0.2, 0.25) is 0 Å². The van der Waals surface area contributed by atoms with Gasteiger partial charge in [-0.15, -0.1) is 11.6 Å². The minimum absolute atomic E-state index is 0.413. The number of aryl methyl sites for hydroxylation is 1. The predicted octanol–water partition coefficient (Wildman–Crippen LogP) is 4.30. The highest BCUT2D eigenvalue weighted by Gasteiger charge is 2.46. The fourth-order valence-corrected chi connectivity index (χ4v) is 3.19. The van der Waals surface area contributed by atoms with Gasteiger partial charge in [0, 0.05) is 25.0 Å². The number of hydrogen-bond donors (Lipinski definition) is 0. The molecule has 0 aliphatic heterocycles. The molecule has 0 aromatic carbocycles. The summed E-state index contributed by atoms with van der Waals surface area (Å²) in [6.07, 6.45) is 5.04. The minimum atomic E-state index is 0.413. The number of pyridine rings is 1. The van der Waals surface area contributed by atoms with Crippen LogP contribution in [-0.4, -0.2) is 20.4 Å². The maximum absolute atomic E-state index is 6.02. The molecule has 20 heavy (non-hydrogen) atoms. The first-order chi connectivity index (χ1) is 9.55. The second-order valence-corrected chi connectivity index (χ2v) is 6.88. The van der Waals surface area contributed by atoms with Crippen LogP contribution in [0.5, 0.6) is 0 Å². The number of rotatable bonds is 5. The fourth-order valence-electron chi connectivity index (χ4n) is 2.87. The van der Waals surface area contributed by atoms with Gasteiger partial charge in [0.25, 0.3) is 0 Å². The highest BCUT2D eigenvalue weighted by Crippen LogP contribution is 2.53. The van der Waals surface area contributed by atoms with Gasteiger partial charge in [-0.05, 0) is 30.2 Å². The van der Waals surface area contributed by atoms with Crippen molar-refractivity contribution < 1.29 is 0 Å². The fraction of sp³-hybridized carbons (Fsp3) is 0.600. The van der Waals surface area contributed by atoms with E-state index in [0.717, 1.165) is 30.0 Å². The molecule has 108 valence electrons. The van der Waals surface area contributed by atoms with E-state index in [2.05, 4.69) is 28.4 Å². The molecule has 0 spiro atoms. The second-order valence-electron chi connectivity index (χ2n) is 6.07. The molecule has 1 aliphatic carbocycles. The molecule has 1 fully saturated rings. The predicted molar refractivity (Wildman–Crippen MR) is 83.5 cm³/mol. The Morgan fingerprint density at radius 3 is 2.75 bits per heavy atom. The van der Waals surface area contributed by atoms with Crippen LogP contribution in [0, 0.1) is 11.3 Å². The van der Waals surface area contributed by atoms with Crippen molar-refractivity contribution >= 4 is 34.4 Å². The van der Waals surface area contributed by atoms with E-state index >= 15 is 0 Å². The number of aromatic nitrogens is 3. The van der Waals surface area contributed by atoms with Crippen LogP contribution in [0.4, 0.5) is 0 Å². The summed E-state index contributed by atoms with van der Waals surface area (Å²) in [6, 6.07) is 1.88. The maximum Gasteiger partial charge on any atom is 0.160 e. The zero-order valence-corrected chi connectivity index (χ0v) is 13.4. The summed E-state index contributed by atoms with van der Waals surface area (Å²) in [4.78, 5) is 9.15. The van der Waals surface area contributed by atoms with E-state index in [1.54, 1.807) is 6.20 Å². The standard InChI is InChI=1S/C15H19Cl2N3/c1-10(2)15(4-5-15)9-20-13(3-6-16)19-12-7-11(17)8-18-14(12)20/h7-8,10H,3-6,9H2,1-2H3. The van der Waals surface area contributed by atoms with Crippen LogP contribution in [-0.2, 0) is 13.0 Å². The summed E-state index contributed by atoms with van der Waals surface area (Å²) in [7, 11) is 0. The summed E-state index contributed by atoms with van der Waals surface area (Å²) in [5.41, 5.74) is 2.22.